The molecule has 0 aromatic heterocycles. The van der Waals surface area contributed by atoms with Gasteiger partial charge in [0.15, 0.2) is 0 Å². The Morgan fingerprint density at radius 2 is 2.11 bits per heavy atom. The summed E-state index contributed by atoms with van der Waals surface area (Å²) in [4.78, 5) is 17.3. The van der Waals surface area contributed by atoms with Crippen molar-refractivity contribution < 1.29 is 4.79 Å². The molecule has 0 bridgehead atoms. The molecule has 1 saturated carbocycles. The number of rotatable bonds is 2. The lowest BCUT2D eigenvalue weighted by Crippen LogP contribution is -2.50. The molecule has 3 fully saturated rings. The third kappa shape index (κ3) is 1.95. The maximum absolute atomic E-state index is 12.7. The van der Waals surface area contributed by atoms with Crippen LogP contribution in [-0.2, 0) is 4.79 Å². The molecular weight excluding hydrogens is 226 g/mol. The Labute approximate surface area is 110 Å². The topological polar surface area (TPSA) is 35.6 Å². The van der Waals surface area contributed by atoms with E-state index in [1.807, 2.05) is 0 Å². The van der Waals surface area contributed by atoms with Crippen molar-refractivity contribution in [2.24, 2.45) is 0 Å². The minimum absolute atomic E-state index is 0.172. The van der Waals surface area contributed by atoms with Crippen LogP contribution in [0.2, 0.25) is 0 Å². The van der Waals surface area contributed by atoms with Gasteiger partial charge >= 0.3 is 0 Å². The summed E-state index contributed by atoms with van der Waals surface area (Å²) < 4.78 is 0. The van der Waals surface area contributed by atoms with Gasteiger partial charge in [-0.3, -0.25) is 10.1 Å². The minimum Gasteiger partial charge on any atom is -0.324 e. The SMILES string of the molecule is CCN1CCCC(N2CNC3(CCCC3)C2=O)C1. The number of carbonyl (C=O) groups excluding carboxylic acids is 1. The van der Waals surface area contributed by atoms with Crippen molar-refractivity contribution in [2.75, 3.05) is 26.3 Å². The molecule has 2 heterocycles. The van der Waals surface area contributed by atoms with Crippen molar-refractivity contribution in [3.05, 3.63) is 0 Å². The van der Waals surface area contributed by atoms with Crippen LogP contribution >= 0.6 is 0 Å². The summed E-state index contributed by atoms with van der Waals surface area (Å²) in [6.45, 7) is 6.37. The molecule has 0 aromatic rings. The molecule has 1 amide bonds. The highest BCUT2D eigenvalue weighted by molar-refractivity contribution is 5.89. The number of likely N-dealkylation sites (tertiary alicyclic amines) is 1. The third-order valence-electron chi connectivity index (χ3n) is 5.08. The predicted molar refractivity (Wildman–Crippen MR) is 71.2 cm³/mol. The van der Waals surface area contributed by atoms with Crippen molar-refractivity contribution in [1.82, 2.24) is 15.1 Å². The van der Waals surface area contributed by atoms with E-state index in [4.69, 9.17) is 0 Å². The number of likely N-dealkylation sites (N-methyl/N-ethyl adjacent to an activating group) is 1. The van der Waals surface area contributed by atoms with Crippen molar-refractivity contribution in [3.63, 3.8) is 0 Å². The largest absolute Gasteiger partial charge is 0.324 e. The Bertz CT molecular complexity index is 325. The molecule has 102 valence electrons. The van der Waals surface area contributed by atoms with Crippen molar-refractivity contribution in [1.29, 1.82) is 0 Å². The summed E-state index contributed by atoms with van der Waals surface area (Å²) in [6.07, 6.45) is 6.92. The maximum atomic E-state index is 12.7. The summed E-state index contributed by atoms with van der Waals surface area (Å²) in [5.74, 6) is 0.392. The number of nitrogens with one attached hydrogen (secondary N) is 1. The smallest absolute Gasteiger partial charge is 0.244 e. The molecule has 1 aliphatic carbocycles. The summed E-state index contributed by atoms with van der Waals surface area (Å²) >= 11 is 0. The van der Waals surface area contributed by atoms with Crippen LogP contribution in [0.4, 0.5) is 0 Å². The molecule has 3 rings (SSSR count). The lowest BCUT2D eigenvalue weighted by atomic mass is 9.96. The first kappa shape index (κ1) is 12.4. The van der Waals surface area contributed by atoms with E-state index in [0.717, 1.165) is 32.6 Å². The maximum Gasteiger partial charge on any atom is 0.244 e. The van der Waals surface area contributed by atoms with Crippen LogP contribution in [0.25, 0.3) is 0 Å². The Hall–Kier alpha value is -0.610. The number of nitrogens with zero attached hydrogens (tertiary/aromatic N) is 2. The standard InChI is InChI=1S/C14H25N3O/c1-2-16-9-5-6-12(10-16)17-11-15-14(13(17)18)7-3-4-8-14/h12,15H,2-11H2,1H3. The molecule has 1 N–H and O–H groups in total. The molecule has 0 aromatic carbocycles. The molecule has 1 spiro atoms. The molecule has 2 aliphatic heterocycles. The number of piperidine rings is 1. The summed E-state index contributed by atoms with van der Waals surface area (Å²) in [7, 11) is 0. The van der Waals surface area contributed by atoms with E-state index >= 15 is 0 Å². The fourth-order valence-electron chi connectivity index (χ4n) is 3.90. The van der Waals surface area contributed by atoms with E-state index in [2.05, 4.69) is 22.0 Å². The van der Waals surface area contributed by atoms with Crippen LogP contribution in [0.1, 0.15) is 45.4 Å². The van der Waals surface area contributed by atoms with Crippen LogP contribution in [0.15, 0.2) is 0 Å². The minimum atomic E-state index is -0.172. The van der Waals surface area contributed by atoms with Gasteiger partial charge in [0.2, 0.25) is 5.91 Å². The van der Waals surface area contributed by atoms with Gasteiger partial charge in [0.05, 0.1) is 12.2 Å². The molecular formula is C14H25N3O. The van der Waals surface area contributed by atoms with Crippen LogP contribution < -0.4 is 5.32 Å². The average Bonchev–Trinajstić information content (AvgIpc) is 3.00. The van der Waals surface area contributed by atoms with Gasteiger partial charge in [-0.2, -0.15) is 0 Å². The fourth-order valence-corrected chi connectivity index (χ4v) is 3.90. The molecule has 1 unspecified atom stereocenters. The van der Waals surface area contributed by atoms with Gasteiger partial charge in [0.25, 0.3) is 0 Å². The zero-order valence-electron chi connectivity index (χ0n) is 11.5. The molecule has 3 aliphatic rings. The van der Waals surface area contributed by atoms with Gasteiger partial charge in [-0.15, -0.1) is 0 Å². The molecule has 0 radical (unpaired) electrons. The van der Waals surface area contributed by atoms with Gasteiger partial charge in [0, 0.05) is 12.6 Å². The summed E-state index contributed by atoms with van der Waals surface area (Å²) in [5, 5.41) is 3.52. The van der Waals surface area contributed by atoms with E-state index in [9.17, 15) is 4.79 Å². The zero-order valence-corrected chi connectivity index (χ0v) is 11.5. The van der Waals surface area contributed by atoms with Crippen molar-refractivity contribution >= 4 is 5.91 Å². The molecule has 4 heteroatoms. The second-order valence-electron chi connectivity index (χ2n) is 6.09. The molecule has 18 heavy (non-hydrogen) atoms. The van der Waals surface area contributed by atoms with Crippen LogP contribution in [0.5, 0.6) is 0 Å². The third-order valence-corrected chi connectivity index (χ3v) is 5.08. The Balaban J connectivity index is 1.68. The van der Waals surface area contributed by atoms with Gasteiger partial charge in [-0.25, -0.2) is 0 Å². The second kappa shape index (κ2) is 4.82. The van der Waals surface area contributed by atoms with E-state index in [1.165, 1.54) is 32.2 Å². The monoisotopic (exact) mass is 251 g/mol. The van der Waals surface area contributed by atoms with Gasteiger partial charge in [-0.1, -0.05) is 19.8 Å². The van der Waals surface area contributed by atoms with Crippen molar-refractivity contribution in [2.45, 2.75) is 57.0 Å². The van der Waals surface area contributed by atoms with Crippen LogP contribution in [-0.4, -0.2) is 53.6 Å². The molecule has 2 saturated heterocycles. The fraction of sp³-hybridized carbons (Fsp3) is 0.929. The molecule has 1 atom stereocenters. The van der Waals surface area contributed by atoms with E-state index < -0.39 is 0 Å². The Morgan fingerprint density at radius 3 is 2.83 bits per heavy atom. The summed E-state index contributed by atoms with van der Waals surface area (Å²) in [5.41, 5.74) is -0.172. The van der Waals surface area contributed by atoms with Gasteiger partial charge in [0.1, 0.15) is 0 Å². The highest BCUT2D eigenvalue weighted by atomic mass is 16.2. The first-order valence-corrected chi connectivity index (χ1v) is 7.54. The normalized spacial score (nSPS) is 32.6. The lowest BCUT2D eigenvalue weighted by molar-refractivity contribution is -0.135. The number of amides is 1. The highest BCUT2D eigenvalue weighted by Crippen LogP contribution is 2.35. The van der Waals surface area contributed by atoms with Crippen LogP contribution in [0, 0.1) is 0 Å². The highest BCUT2D eigenvalue weighted by Gasteiger charge is 2.49. The van der Waals surface area contributed by atoms with Crippen molar-refractivity contribution in [3.8, 4) is 0 Å². The zero-order chi connectivity index (χ0) is 12.6. The van der Waals surface area contributed by atoms with E-state index in [-0.39, 0.29) is 5.54 Å². The second-order valence-corrected chi connectivity index (χ2v) is 6.09. The van der Waals surface area contributed by atoms with Gasteiger partial charge < -0.3 is 9.80 Å². The quantitative estimate of drug-likeness (QED) is 0.800. The average molecular weight is 251 g/mol. The summed E-state index contributed by atoms with van der Waals surface area (Å²) in [6, 6.07) is 0.443. The number of hydrogen-bond donors (Lipinski definition) is 1. The number of carbonyl (C=O) groups is 1. The lowest BCUT2D eigenvalue weighted by Gasteiger charge is -2.37. The first-order chi connectivity index (χ1) is 8.75. The Morgan fingerprint density at radius 1 is 1.33 bits per heavy atom. The first-order valence-electron chi connectivity index (χ1n) is 7.54. The van der Waals surface area contributed by atoms with Gasteiger partial charge in [-0.05, 0) is 38.8 Å². The number of hydrogen-bond acceptors (Lipinski definition) is 3. The van der Waals surface area contributed by atoms with Crippen LogP contribution in [0.3, 0.4) is 0 Å². The van der Waals surface area contributed by atoms with E-state index in [1.54, 1.807) is 0 Å². The predicted octanol–water partition coefficient (Wildman–Crippen LogP) is 1.17. The van der Waals surface area contributed by atoms with E-state index in [0.29, 0.717) is 11.9 Å². The Kier molecular flexibility index (Phi) is 3.32. The molecule has 4 nitrogen and oxygen atoms in total.